The van der Waals surface area contributed by atoms with Gasteiger partial charge in [0.2, 0.25) is 21.8 Å². The van der Waals surface area contributed by atoms with Crippen LogP contribution in [0.1, 0.15) is 58.3 Å². The van der Waals surface area contributed by atoms with E-state index in [9.17, 15) is 13.2 Å². The van der Waals surface area contributed by atoms with Gasteiger partial charge in [-0.3, -0.25) is 4.79 Å². The van der Waals surface area contributed by atoms with E-state index in [1.807, 2.05) is 34.6 Å². The molecule has 1 heterocycles. The molecule has 0 saturated carbocycles. The Balaban J connectivity index is 1.87. The van der Waals surface area contributed by atoms with Crippen LogP contribution in [-0.4, -0.2) is 41.9 Å². The summed E-state index contributed by atoms with van der Waals surface area (Å²) in [6.45, 7) is 9.93. The van der Waals surface area contributed by atoms with Crippen LogP contribution in [0.2, 0.25) is 0 Å². The highest BCUT2D eigenvalue weighted by Crippen LogP contribution is 2.19. The van der Waals surface area contributed by atoms with Crippen molar-refractivity contribution in [1.82, 2.24) is 19.8 Å². The fourth-order valence-electron chi connectivity index (χ4n) is 2.39. The Hall–Kier alpha value is -2.26. The van der Waals surface area contributed by atoms with Gasteiger partial charge < -0.3 is 9.84 Å². The molecule has 1 aromatic heterocycles. The number of hydrogen-bond donors (Lipinski definition) is 1. The van der Waals surface area contributed by atoms with Crippen LogP contribution in [-0.2, 0) is 33.2 Å². The fraction of sp³-hybridized carbons (Fsp3) is 0.550. The summed E-state index contributed by atoms with van der Waals surface area (Å²) in [6.07, 6.45) is 0.602. The third-order valence-electron chi connectivity index (χ3n) is 4.52. The van der Waals surface area contributed by atoms with Crippen LogP contribution in [0.25, 0.3) is 0 Å². The van der Waals surface area contributed by atoms with Crippen molar-refractivity contribution in [2.45, 2.75) is 70.4 Å². The summed E-state index contributed by atoms with van der Waals surface area (Å²) in [5.41, 5.74) is 0.616. The number of sulfonamides is 1. The Morgan fingerprint density at radius 3 is 2.34 bits per heavy atom. The van der Waals surface area contributed by atoms with Crippen LogP contribution in [0.5, 0.6) is 0 Å². The minimum Gasteiger partial charge on any atom is -0.352 e. The highest BCUT2D eigenvalue weighted by atomic mass is 32.2. The molecule has 1 amide bonds. The lowest BCUT2D eigenvalue weighted by Gasteiger charge is -2.21. The maximum Gasteiger partial charge on any atom is 0.243 e. The van der Waals surface area contributed by atoms with Gasteiger partial charge in [-0.25, -0.2) is 8.42 Å². The average molecular weight is 423 g/mol. The predicted molar refractivity (Wildman–Crippen MR) is 110 cm³/mol. The topological polar surface area (TPSA) is 105 Å². The van der Waals surface area contributed by atoms with Gasteiger partial charge >= 0.3 is 0 Å². The highest BCUT2D eigenvalue weighted by Gasteiger charge is 2.23. The average Bonchev–Trinajstić information content (AvgIpc) is 3.14. The van der Waals surface area contributed by atoms with Crippen LogP contribution < -0.4 is 5.32 Å². The zero-order chi connectivity index (χ0) is 21.8. The second kappa shape index (κ2) is 9.04. The zero-order valence-corrected chi connectivity index (χ0v) is 18.7. The molecule has 0 saturated heterocycles. The number of nitrogens with zero attached hydrogens (tertiary/aromatic N) is 3. The first kappa shape index (κ1) is 23.0. The number of amides is 1. The van der Waals surface area contributed by atoms with Gasteiger partial charge in [-0.05, 0) is 31.5 Å². The Labute approximate surface area is 172 Å². The molecule has 1 N–H and O–H groups in total. The number of aromatic nitrogens is 2. The maximum atomic E-state index is 12.5. The van der Waals surface area contributed by atoms with Crippen molar-refractivity contribution < 1.29 is 17.7 Å². The van der Waals surface area contributed by atoms with E-state index in [1.165, 1.54) is 4.31 Å². The molecular weight excluding hydrogens is 392 g/mol. The van der Waals surface area contributed by atoms with E-state index >= 15 is 0 Å². The molecule has 0 aliphatic rings. The minimum atomic E-state index is -3.51. The molecule has 8 nitrogen and oxygen atoms in total. The molecule has 0 atom stereocenters. The quantitative estimate of drug-likeness (QED) is 0.701. The summed E-state index contributed by atoms with van der Waals surface area (Å²) in [4.78, 5) is 16.6. The first-order chi connectivity index (χ1) is 13.4. The van der Waals surface area contributed by atoms with E-state index in [0.717, 1.165) is 5.56 Å². The summed E-state index contributed by atoms with van der Waals surface area (Å²) < 4.78 is 31.5. The van der Waals surface area contributed by atoms with Crippen LogP contribution in [0, 0.1) is 0 Å². The van der Waals surface area contributed by atoms with Gasteiger partial charge in [0.05, 0.1) is 4.90 Å². The summed E-state index contributed by atoms with van der Waals surface area (Å²) in [5, 5.41) is 6.76. The van der Waals surface area contributed by atoms with Crippen molar-refractivity contribution in [3.63, 3.8) is 0 Å². The van der Waals surface area contributed by atoms with Crippen LogP contribution in [0.4, 0.5) is 0 Å². The standard InChI is InChI=1S/C20H30N4O4S/c1-14(2)24(6)29(26,27)16-9-7-15(8-10-16)13-21-17(25)11-12-18-22-19(23-28-18)20(3,4)5/h7-10,14H,11-13H2,1-6H3,(H,21,25). The van der Waals surface area contributed by atoms with Gasteiger partial charge in [-0.2, -0.15) is 9.29 Å². The third-order valence-corrected chi connectivity index (χ3v) is 6.57. The highest BCUT2D eigenvalue weighted by molar-refractivity contribution is 7.89. The molecule has 0 fully saturated rings. The van der Waals surface area contributed by atoms with Crippen LogP contribution in [0.3, 0.4) is 0 Å². The zero-order valence-electron chi connectivity index (χ0n) is 17.9. The van der Waals surface area contributed by atoms with Gasteiger partial charge in [-0.1, -0.05) is 38.1 Å². The molecule has 160 valence electrons. The number of rotatable bonds is 8. The number of hydrogen-bond acceptors (Lipinski definition) is 6. The summed E-state index contributed by atoms with van der Waals surface area (Å²) in [5.74, 6) is 0.914. The van der Waals surface area contributed by atoms with E-state index in [1.54, 1.807) is 31.3 Å². The lowest BCUT2D eigenvalue weighted by atomic mass is 9.96. The first-order valence-electron chi connectivity index (χ1n) is 9.58. The normalized spacial score (nSPS) is 12.6. The van der Waals surface area contributed by atoms with Crippen molar-refractivity contribution in [2.24, 2.45) is 0 Å². The fourth-order valence-corrected chi connectivity index (χ4v) is 3.76. The molecule has 9 heteroatoms. The molecule has 0 aliphatic heterocycles. The Morgan fingerprint density at radius 2 is 1.83 bits per heavy atom. The largest absolute Gasteiger partial charge is 0.352 e. The van der Waals surface area contributed by atoms with Gasteiger partial charge in [0.15, 0.2) is 5.82 Å². The van der Waals surface area contributed by atoms with E-state index in [4.69, 9.17) is 4.52 Å². The van der Waals surface area contributed by atoms with Crippen molar-refractivity contribution in [1.29, 1.82) is 0 Å². The molecule has 2 rings (SSSR count). The van der Waals surface area contributed by atoms with Crippen LogP contribution >= 0.6 is 0 Å². The molecule has 0 spiro atoms. The summed E-state index contributed by atoms with van der Waals surface area (Å²) >= 11 is 0. The number of aryl methyl sites for hydroxylation is 1. The van der Waals surface area contributed by atoms with Crippen LogP contribution in [0.15, 0.2) is 33.7 Å². The smallest absolute Gasteiger partial charge is 0.243 e. The minimum absolute atomic E-state index is 0.128. The summed E-state index contributed by atoms with van der Waals surface area (Å²) in [6, 6.07) is 6.39. The Morgan fingerprint density at radius 1 is 1.21 bits per heavy atom. The monoisotopic (exact) mass is 422 g/mol. The van der Waals surface area contributed by atoms with E-state index < -0.39 is 10.0 Å². The lowest BCUT2D eigenvalue weighted by Crippen LogP contribution is -2.33. The maximum absolute atomic E-state index is 12.5. The number of carbonyl (C=O) groups excluding carboxylic acids is 1. The van der Waals surface area contributed by atoms with Gasteiger partial charge in [0.25, 0.3) is 0 Å². The summed E-state index contributed by atoms with van der Waals surface area (Å²) in [7, 11) is -1.95. The lowest BCUT2D eigenvalue weighted by molar-refractivity contribution is -0.121. The second-order valence-corrected chi connectivity index (χ2v) is 10.3. The SMILES string of the molecule is CC(C)N(C)S(=O)(=O)c1ccc(CNC(=O)CCc2nc(C(C)(C)C)no2)cc1. The number of carbonyl (C=O) groups is 1. The number of nitrogens with one attached hydrogen (secondary N) is 1. The Bertz CT molecular complexity index is 928. The molecule has 0 unspecified atom stereocenters. The van der Waals surface area contributed by atoms with Gasteiger partial charge in [0.1, 0.15) is 0 Å². The molecule has 0 bridgehead atoms. The van der Waals surface area contributed by atoms with Gasteiger partial charge in [-0.15, -0.1) is 0 Å². The third kappa shape index (κ3) is 6.11. The number of benzene rings is 1. The van der Waals surface area contributed by atoms with Gasteiger partial charge in [0, 0.05) is 37.9 Å². The molecular formula is C20H30N4O4S. The van der Waals surface area contributed by atoms with Crippen molar-refractivity contribution >= 4 is 15.9 Å². The van der Waals surface area contributed by atoms with E-state index in [2.05, 4.69) is 15.5 Å². The Kier molecular flexibility index (Phi) is 7.18. The first-order valence-corrected chi connectivity index (χ1v) is 11.0. The van der Waals surface area contributed by atoms with Crippen molar-refractivity contribution in [3.8, 4) is 0 Å². The van der Waals surface area contributed by atoms with Crippen molar-refractivity contribution in [2.75, 3.05) is 7.05 Å². The molecule has 0 radical (unpaired) electrons. The molecule has 1 aromatic carbocycles. The predicted octanol–water partition coefficient (Wildman–Crippen LogP) is 2.65. The van der Waals surface area contributed by atoms with E-state index in [-0.39, 0.29) is 28.7 Å². The molecule has 2 aromatic rings. The van der Waals surface area contributed by atoms with E-state index in [0.29, 0.717) is 24.7 Å². The molecule has 0 aliphatic carbocycles. The second-order valence-electron chi connectivity index (χ2n) is 8.30. The molecule has 29 heavy (non-hydrogen) atoms. The van der Waals surface area contributed by atoms with Crippen molar-refractivity contribution in [3.05, 3.63) is 41.5 Å².